The van der Waals surface area contributed by atoms with Crippen LogP contribution in [0.4, 0.5) is 10.2 Å². The highest BCUT2D eigenvalue weighted by atomic mass is 19.1. The molecule has 0 bridgehead atoms. The average molecular weight is 288 g/mol. The summed E-state index contributed by atoms with van der Waals surface area (Å²) in [6.45, 7) is 3.85. The summed E-state index contributed by atoms with van der Waals surface area (Å²) in [5.41, 5.74) is 0.974. The molecule has 0 fully saturated rings. The lowest BCUT2D eigenvalue weighted by Crippen LogP contribution is -2.21. The molecular formula is C15H17FN4O. The lowest BCUT2D eigenvalue weighted by molar-refractivity contribution is 0.0189. The van der Waals surface area contributed by atoms with E-state index in [0.29, 0.717) is 11.4 Å². The molecule has 0 radical (unpaired) electrons. The van der Waals surface area contributed by atoms with Crippen LogP contribution in [0.2, 0.25) is 0 Å². The first-order chi connectivity index (χ1) is 9.92. The zero-order valence-electron chi connectivity index (χ0n) is 12.1. The standard InChI is InChI=1S/C15H17FN4O/c1-15(2,21-3)11-6-10(7-18-8-11)14(17)20-13-5-4-12(16)9-19-13/h4-9H,1-3H3,(H2,17,19,20). The van der Waals surface area contributed by atoms with Crippen molar-refractivity contribution in [1.82, 2.24) is 9.97 Å². The predicted molar refractivity (Wildman–Crippen MR) is 78.9 cm³/mol. The van der Waals surface area contributed by atoms with Crippen molar-refractivity contribution in [2.24, 2.45) is 0 Å². The number of aromatic nitrogens is 2. The van der Waals surface area contributed by atoms with Crippen LogP contribution >= 0.6 is 0 Å². The monoisotopic (exact) mass is 288 g/mol. The van der Waals surface area contributed by atoms with Gasteiger partial charge in [0.05, 0.1) is 11.8 Å². The van der Waals surface area contributed by atoms with E-state index in [1.807, 2.05) is 19.9 Å². The lowest BCUT2D eigenvalue weighted by Gasteiger charge is -2.23. The third-order valence-electron chi connectivity index (χ3n) is 3.21. The Balaban J connectivity index is 2.20. The van der Waals surface area contributed by atoms with Crippen molar-refractivity contribution in [2.45, 2.75) is 19.4 Å². The van der Waals surface area contributed by atoms with Crippen molar-refractivity contribution in [1.29, 1.82) is 5.41 Å². The van der Waals surface area contributed by atoms with E-state index >= 15 is 0 Å². The lowest BCUT2D eigenvalue weighted by atomic mass is 9.98. The van der Waals surface area contributed by atoms with Crippen molar-refractivity contribution < 1.29 is 9.13 Å². The van der Waals surface area contributed by atoms with E-state index in [4.69, 9.17) is 10.1 Å². The van der Waals surface area contributed by atoms with Gasteiger partial charge in [-0.2, -0.15) is 0 Å². The molecule has 2 rings (SSSR count). The van der Waals surface area contributed by atoms with Gasteiger partial charge < -0.3 is 10.1 Å². The number of hydrogen-bond acceptors (Lipinski definition) is 4. The number of hydrogen-bond donors (Lipinski definition) is 2. The quantitative estimate of drug-likeness (QED) is 0.670. The van der Waals surface area contributed by atoms with Gasteiger partial charge in [-0.15, -0.1) is 0 Å². The molecule has 0 aliphatic carbocycles. The van der Waals surface area contributed by atoms with Gasteiger partial charge in [-0.25, -0.2) is 9.37 Å². The number of pyridine rings is 2. The summed E-state index contributed by atoms with van der Waals surface area (Å²) in [6.07, 6.45) is 4.38. The average Bonchev–Trinajstić information content (AvgIpc) is 2.49. The van der Waals surface area contributed by atoms with Crippen molar-refractivity contribution in [3.63, 3.8) is 0 Å². The Kier molecular flexibility index (Phi) is 4.28. The zero-order valence-corrected chi connectivity index (χ0v) is 12.1. The highest BCUT2D eigenvalue weighted by Gasteiger charge is 2.20. The van der Waals surface area contributed by atoms with Crippen LogP contribution in [-0.4, -0.2) is 22.9 Å². The molecule has 0 aliphatic heterocycles. The molecule has 0 saturated carbocycles. The Labute approximate surface area is 122 Å². The first-order valence-corrected chi connectivity index (χ1v) is 6.40. The molecule has 0 aliphatic rings. The van der Waals surface area contributed by atoms with Crippen LogP contribution in [0.3, 0.4) is 0 Å². The third kappa shape index (κ3) is 3.61. The van der Waals surface area contributed by atoms with Gasteiger partial charge in [0, 0.05) is 30.6 Å². The summed E-state index contributed by atoms with van der Waals surface area (Å²) in [7, 11) is 1.62. The molecule has 0 aromatic carbocycles. The van der Waals surface area contributed by atoms with Gasteiger partial charge in [-0.1, -0.05) is 0 Å². The predicted octanol–water partition coefficient (Wildman–Crippen LogP) is 2.93. The van der Waals surface area contributed by atoms with Gasteiger partial charge in [0.15, 0.2) is 0 Å². The Hall–Kier alpha value is -2.34. The van der Waals surface area contributed by atoms with Gasteiger partial charge in [-0.05, 0) is 32.0 Å². The first-order valence-electron chi connectivity index (χ1n) is 6.40. The molecule has 2 N–H and O–H groups in total. The second-order valence-electron chi connectivity index (χ2n) is 5.04. The molecule has 0 spiro atoms. The van der Waals surface area contributed by atoms with Crippen LogP contribution in [0, 0.1) is 11.2 Å². The molecule has 2 heterocycles. The fourth-order valence-electron chi connectivity index (χ4n) is 1.67. The highest BCUT2D eigenvalue weighted by Crippen LogP contribution is 2.23. The summed E-state index contributed by atoms with van der Waals surface area (Å²) < 4.78 is 18.2. The second kappa shape index (κ2) is 5.97. The highest BCUT2D eigenvalue weighted by molar-refractivity contribution is 6.05. The van der Waals surface area contributed by atoms with Crippen LogP contribution in [0.15, 0.2) is 36.8 Å². The Morgan fingerprint density at radius 1 is 1.29 bits per heavy atom. The van der Waals surface area contributed by atoms with Crippen LogP contribution < -0.4 is 5.32 Å². The van der Waals surface area contributed by atoms with E-state index in [0.717, 1.165) is 11.8 Å². The summed E-state index contributed by atoms with van der Waals surface area (Å²) in [5, 5.41) is 10.9. The van der Waals surface area contributed by atoms with E-state index < -0.39 is 11.4 Å². The minimum absolute atomic E-state index is 0.135. The Morgan fingerprint density at radius 3 is 2.67 bits per heavy atom. The number of amidine groups is 1. The minimum Gasteiger partial charge on any atom is -0.374 e. The van der Waals surface area contributed by atoms with Crippen molar-refractivity contribution in [3.8, 4) is 0 Å². The maximum atomic E-state index is 12.8. The number of nitrogens with zero attached hydrogens (tertiary/aromatic N) is 2. The number of ether oxygens (including phenoxy) is 1. The molecular weight excluding hydrogens is 271 g/mol. The van der Waals surface area contributed by atoms with Gasteiger partial charge >= 0.3 is 0 Å². The summed E-state index contributed by atoms with van der Waals surface area (Å²) in [6, 6.07) is 4.58. The van der Waals surface area contributed by atoms with Crippen LogP contribution in [0.5, 0.6) is 0 Å². The molecule has 110 valence electrons. The van der Waals surface area contributed by atoms with E-state index in [-0.39, 0.29) is 5.84 Å². The maximum absolute atomic E-state index is 12.8. The van der Waals surface area contributed by atoms with Gasteiger partial charge in [0.1, 0.15) is 17.5 Å². The number of rotatable bonds is 4. The number of halogens is 1. The Bertz CT molecular complexity index is 640. The molecule has 21 heavy (non-hydrogen) atoms. The first kappa shape index (κ1) is 15.1. The zero-order chi connectivity index (χ0) is 15.5. The minimum atomic E-state index is -0.489. The molecule has 2 aromatic rings. The SMILES string of the molecule is COC(C)(C)c1cncc(C(=N)Nc2ccc(F)cn2)c1. The molecule has 5 nitrogen and oxygen atoms in total. The van der Waals surface area contributed by atoms with E-state index in [9.17, 15) is 4.39 Å². The molecule has 0 atom stereocenters. The third-order valence-corrected chi connectivity index (χ3v) is 3.21. The topological polar surface area (TPSA) is 70.9 Å². The van der Waals surface area contributed by atoms with E-state index in [1.54, 1.807) is 19.5 Å². The number of nitrogens with one attached hydrogen (secondary N) is 2. The number of anilines is 1. The normalized spacial score (nSPS) is 11.2. The fraction of sp³-hybridized carbons (Fsp3) is 0.267. The molecule has 0 unspecified atom stereocenters. The molecule has 6 heteroatoms. The van der Waals surface area contributed by atoms with E-state index in [2.05, 4.69) is 15.3 Å². The summed E-state index contributed by atoms with van der Waals surface area (Å²) in [4.78, 5) is 7.99. The van der Waals surface area contributed by atoms with Crippen molar-refractivity contribution in [3.05, 3.63) is 53.7 Å². The molecule has 0 amide bonds. The number of methoxy groups -OCH3 is 1. The second-order valence-corrected chi connectivity index (χ2v) is 5.04. The largest absolute Gasteiger partial charge is 0.374 e. The smallest absolute Gasteiger partial charge is 0.141 e. The van der Waals surface area contributed by atoms with E-state index in [1.165, 1.54) is 12.1 Å². The Morgan fingerprint density at radius 2 is 2.05 bits per heavy atom. The van der Waals surface area contributed by atoms with Gasteiger partial charge in [-0.3, -0.25) is 10.4 Å². The van der Waals surface area contributed by atoms with Gasteiger partial charge in [0.25, 0.3) is 0 Å². The summed E-state index contributed by atoms with van der Waals surface area (Å²) >= 11 is 0. The van der Waals surface area contributed by atoms with Crippen molar-refractivity contribution in [2.75, 3.05) is 12.4 Å². The molecule has 2 aromatic heterocycles. The van der Waals surface area contributed by atoms with Crippen LogP contribution in [-0.2, 0) is 10.3 Å². The fourth-order valence-corrected chi connectivity index (χ4v) is 1.67. The van der Waals surface area contributed by atoms with Crippen molar-refractivity contribution >= 4 is 11.7 Å². The summed E-state index contributed by atoms with van der Waals surface area (Å²) in [5.74, 6) is 0.116. The molecule has 0 saturated heterocycles. The van der Waals surface area contributed by atoms with Crippen LogP contribution in [0.25, 0.3) is 0 Å². The maximum Gasteiger partial charge on any atom is 0.141 e. The van der Waals surface area contributed by atoms with Crippen LogP contribution in [0.1, 0.15) is 25.0 Å². The van der Waals surface area contributed by atoms with Gasteiger partial charge in [0.2, 0.25) is 0 Å².